The summed E-state index contributed by atoms with van der Waals surface area (Å²) in [6, 6.07) is 2.36. The highest BCUT2D eigenvalue weighted by Crippen LogP contribution is 2.40. The minimum Gasteiger partial charge on any atom is -0.386 e. The van der Waals surface area contributed by atoms with Crippen molar-refractivity contribution in [3.8, 4) is 0 Å². The second-order valence-electron chi connectivity index (χ2n) is 4.36. The van der Waals surface area contributed by atoms with Crippen LogP contribution in [0.15, 0.2) is 12.1 Å². The predicted octanol–water partition coefficient (Wildman–Crippen LogP) is 7.91. The lowest BCUT2D eigenvalue weighted by Gasteiger charge is -2.11. The highest BCUT2D eigenvalue weighted by Gasteiger charge is 2.27. The van der Waals surface area contributed by atoms with Gasteiger partial charge < -0.3 is 4.74 Å². The average molecular weight is 502 g/mol. The van der Waals surface area contributed by atoms with Gasteiger partial charge >= 0.3 is 11.9 Å². The van der Waals surface area contributed by atoms with Crippen molar-refractivity contribution >= 4 is 105 Å². The molecule has 0 aliphatic rings. The monoisotopic (exact) mass is 498 g/mol. The molecule has 0 amide bonds. The molecule has 0 aromatic heterocycles. The fourth-order valence-corrected chi connectivity index (χ4v) is 3.83. The minimum absolute atomic E-state index is 0.0233. The smallest absolute Gasteiger partial charge is 0.349 e. The van der Waals surface area contributed by atoms with Crippen LogP contribution in [-0.4, -0.2) is 11.9 Å². The van der Waals surface area contributed by atoms with Gasteiger partial charge in [0.15, 0.2) is 0 Å². The largest absolute Gasteiger partial charge is 0.386 e. The van der Waals surface area contributed by atoms with E-state index in [0.717, 1.165) is 0 Å². The molecule has 11 heteroatoms. The fourth-order valence-electron chi connectivity index (χ4n) is 1.69. The molecule has 0 N–H and O–H groups in total. The maximum atomic E-state index is 12.2. The van der Waals surface area contributed by atoms with Crippen LogP contribution in [0.3, 0.4) is 0 Å². The topological polar surface area (TPSA) is 43.4 Å². The van der Waals surface area contributed by atoms with Crippen molar-refractivity contribution in [2.24, 2.45) is 0 Å². The van der Waals surface area contributed by atoms with E-state index in [4.69, 9.17) is 97.5 Å². The van der Waals surface area contributed by atoms with Crippen molar-refractivity contribution < 1.29 is 14.3 Å². The standard InChI is InChI=1S/C14H2Cl8O3/c15-3-1-5(17)9(19)11(21)7(3)13(23)25-14(24)8-4(16)2-6(18)10(20)12(8)22/h1-2H. The molecular formula is C14H2Cl8O3. The summed E-state index contributed by atoms with van der Waals surface area (Å²) < 4.78 is 4.72. The summed E-state index contributed by atoms with van der Waals surface area (Å²) in [5, 5.41) is -1.08. The molecule has 0 aliphatic carbocycles. The number of carbonyl (C=O) groups is 2. The molecule has 132 valence electrons. The molecule has 2 aromatic carbocycles. The van der Waals surface area contributed by atoms with Crippen molar-refractivity contribution in [1.29, 1.82) is 0 Å². The van der Waals surface area contributed by atoms with Gasteiger partial charge in [-0.15, -0.1) is 0 Å². The molecule has 0 saturated heterocycles. The van der Waals surface area contributed by atoms with Gasteiger partial charge in [-0.25, -0.2) is 9.59 Å². The summed E-state index contributed by atoms with van der Waals surface area (Å²) in [6.07, 6.45) is 0. The van der Waals surface area contributed by atoms with E-state index in [1.54, 1.807) is 0 Å². The summed E-state index contributed by atoms with van der Waals surface area (Å²) in [5.74, 6) is -2.37. The Bertz CT molecular complexity index is 836. The number of ether oxygens (including phenoxy) is 1. The van der Waals surface area contributed by atoms with E-state index < -0.39 is 11.9 Å². The Labute approximate surface area is 181 Å². The van der Waals surface area contributed by atoms with Gasteiger partial charge in [0.2, 0.25) is 0 Å². The third-order valence-electron chi connectivity index (χ3n) is 2.82. The summed E-state index contributed by atoms with van der Waals surface area (Å²) in [7, 11) is 0. The summed E-state index contributed by atoms with van der Waals surface area (Å²) in [5.41, 5.74) is -0.697. The molecule has 0 radical (unpaired) electrons. The number of halogens is 8. The highest BCUT2D eigenvalue weighted by atomic mass is 35.5. The summed E-state index contributed by atoms with van der Waals surface area (Å²) in [4.78, 5) is 24.5. The lowest BCUT2D eigenvalue weighted by atomic mass is 10.2. The Kier molecular flexibility index (Phi) is 7.02. The van der Waals surface area contributed by atoms with Crippen LogP contribution in [0.25, 0.3) is 0 Å². The lowest BCUT2D eigenvalue weighted by Crippen LogP contribution is -2.15. The molecule has 0 heterocycles. The van der Waals surface area contributed by atoms with Gasteiger partial charge in [0, 0.05) is 0 Å². The predicted molar refractivity (Wildman–Crippen MR) is 103 cm³/mol. The number of benzene rings is 2. The number of rotatable bonds is 2. The number of hydrogen-bond acceptors (Lipinski definition) is 3. The van der Waals surface area contributed by atoms with Gasteiger partial charge in [0.25, 0.3) is 0 Å². The van der Waals surface area contributed by atoms with Crippen LogP contribution in [0.5, 0.6) is 0 Å². The van der Waals surface area contributed by atoms with E-state index in [2.05, 4.69) is 0 Å². The maximum absolute atomic E-state index is 12.2. The van der Waals surface area contributed by atoms with Gasteiger partial charge in [0.1, 0.15) is 0 Å². The van der Waals surface area contributed by atoms with E-state index in [-0.39, 0.29) is 51.3 Å². The molecular weight excluding hydrogens is 500 g/mol. The minimum atomic E-state index is -1.18. The fraction of sp³-hybridized carbons (Fsp3) is 0. The third-order valence-corrected chi connectivity index (χ3v) is 5.94. The van der Waals surface area contributed by atoms with Crippen molar-refractivity contribution in [2.45, 2.75) is 0 Å². The van der Waals surface area contributed by atoms with Crippen molar-refractivity contribution in [2.75, 3.05) is 0 Å². The first-order valence-corrected chi connectivity index (χ1v) is 9.01. The maximum Gasteiger partial charge on any atom is 0.349 e. The van der Waals surface area contributed by atoms with E-state index in [0.29, 0.717) is 0 Å². The summed E-state index contributed by atoms with van der Waals surface area (Å²) >= 11 is 47.0. The van der Waals surface area contributed by atoms with Gasteiger partial charge in [-0.2, -0.15) is 0 Å². The first-order valence-electron chi connectivity index (χ1n) is 5.98. The van der Waals surface area contributed by atoms with E-state index in [9.17, 15) is 9.59 Å². The molecule has 0 atom stereocenters. The zero-order chi connectivity index (χ0) is 19.0. The third kappa shape index (κ3) is 4.26. The quantitative estimate of drug-likeness (QED) is 0.182. The summed E-state index contributed by atoms with van der Waals surface area (Å²) in [6.45, 7) is 0. The second-order valence-corrected chi connectivity index (χ2v) is 7.50. The highest BCUT2D eigenvalue weighted by molar-refractivity contribution is 6.52. The zero-order valence-corrected chi connectivity index (χ0v) is 17.5. The molecule has 0 bridgehead atoms. The molecule has 0 fully saturated rings. The molecule has 2 aromatic rings. The Morgan fingerprint density at radius 3 is 1.20 bits per heavy atom. The molecule has 3 nitrogen and oxygen atoms in total. The van der Waals surface area contributed by atoms with Gasteiger partial charge in [-0.3, -0.25) is 0 Å². The van der Waals surface area contributed by atoms with Crippen molar-refractivity contribution in [1.82, 2.24) is 0 Å². The van der Waals surface area contributed by atoms with Crippen LogP contribution in [0.2, 0.25) is 40.2 Å². The van der Waals surface area contributed by atoms with E-state index in [1.165, 1.54) is 12.1 Å². The van der Waals surface area contributed by atoms with Crippen LogP contribution < -0.4 is 0 Å². The van der Waals surface area contributed by atoms with Crippen LogP contribution in [0.4, 0.5) is 0 Å². The van der Waals surface area contributed by atoms with E-state index in [1.807, 2.05) is 0 Å². The Balaban J connectivity index is 2.42. The first kappa shape index (κ1) is 21.2. The molecule has 0 aliphatic heterocycles. The Morgan fingerprint density at radius 1 is 0.560 bits per heavy atom. The van der Waals surface area contributed by atoms with E-state index >= 15 is 0 Å². The Morgan fingerprint density at radius 2 is 0.880 bits per heavy atom. The van der Waals surface area contributed by atoms with Crippen LogP contribution in [-0.2, 0) is 4.74 Å². The number of hydrogen-bond donors (Lipinski definition) is 0. The molecule has 0 unspecified atom stereocenters. The number of esters is 2. The SMILES string of the molecule is O=C(OC(=O)c1c(Cl)cc(Cl)c(Cl)c1Cl)c1c(Cl)cc(Cl)c(Cl)c1Cl. The van der Waals surface area contributed by atoms with Gasteiger partial charge in [0.05, 0.1) is 51.3 Å². The van der Waals surface area contributed by atoms with Gasteiger partial charge in [-0.05, 0) is 12.1 Å². The van der Waals surface area contributed by atoms with Crippen LogP contribution in [0.1, 0.15) is 20.7 Å². The van der Waals surface area contributed by atoms with Crippen LogP contribution >= 0.6 is 92.8 Å². The normalized spacial score (nSPS) is 10.7. The average Bonchev–Trinajstić information content (AvgIpc) is 2.50. The zero-order valence-electron chi connectivity index (χ0n) is 11.4. The number of carbonyl (C=O) groups excluding carboxylic acids is 2. The van der Waals surface area contributed by atoms with Crippen molar-refractivity contribution in [3.63, 3.8) is 0 Å². The first-order chi connectivity index (χ1) is 11.6. The molecule has 2 rings (SSSR count). The lowest BCUT2D eigenvalue weighted by molar-refractivity contribution is 0.0398. The van der Waals surface area contributed by atoms with Crippen molar-refractivity contribution in [3.05, 3.63) is 63.4 Å². The Hall–Kier alpha value is -0.100. The van der Waals surface area contributed by atoms with Gasteiger partial charge in [-0.1, -0.05) is 92.8 Å². The molecule has 0 spiro atoms. The molecule has 25 heavy (non-hydrogen) atoms. The molecule has 0 saturated carbocycles. The second kappa shape index (κ2) is 8.28. The van der Waals surface area contributed by atoms with Crippen LogP contribution in [0, 0.1) is 0 Å².